The van der Waals surface area contributed by atoms with E-state index in [0.717, 1.165) is 24.0 Å². The molecule has 1 spiro atoms. The van der Waals surface area contributed by atoms with Gasteiger partial charge in [0, 0.05) is 12.0 Å². The second kappa shape index (κ2) is 5.19. The Balaban J connectivity index is 1.84. The molecule has 5 heteroatoms. The number of Topliss-reactive ketones (excluding diaryl/α,β-unsaturated/α-hetero) is 1. The largest absolute Gasteiger partial charge is 0.460 e. The van der Waals surface area contributed by atoms with Crippen LogP contribution in [0.5, 0.6) is 0 Å². The first-order valence-corrected chi connectivity index (χ1v) is 9.23. The molecule has 5 unspecified atom stereocenters. The first kappa shape index (κ1) is 16.8. The van der Waals surface area contributed by atoms with Gasteiger partial charge in [-0.3, -0.25) is 9.59 Å². The third-order valence-corrected chi connectivity index (χ3v) is 6.61. The van der Waals surface area contributed by atoms with E-state index < -0.39 is 17.1 Å². The van der Waals surface area contributed by atoms with Crippen LogP contribution in [0, 0.1) is 24.2 Å². The Kier molecular flexibility index (Phi) is 3.50. The summed E-state index contributed by atoms with van der Waals surface area (Å²) in [7, 11) is 0. The average Bonchev–Trinajstić information content (AvgIpc) is 3.16. The zero-order valence-electron chi connectivity index (χ0n) is 15.5. The molecule has 4 rings (SSSR count). The summed E-state index contributed by atoms with van der Waals surface area (Å²) in [6, 6.07) is 0. The van der Waals surface area contributed by atoms with Crippen molar-refractivity contribution in [3.63, 3.8) is 0 Å². The summed E-state index contributed by atoms with van der Waals surface area (Å²) in [4.78, 5) is 25.7. The molecule has 0 bridgehead atoms. The van der Waals surface area contributed by atoms with Gasteiger partial charge >= 0.3 is 5.97 Å². The number of carbonyl (C=O) groups excluding carboxylic acids is 2. The number of fused-ring (bicyclic) bond motifs is 1. The molecule has 25 heavy (non-hydrogen) atoms. The van der Waals surface area contributed by atoms with Crippen molar-refractivity contribution in [2.45, 2.75) is 71.7 Å². The minimum absolute atomic E-state index is 0.0780. The van der Waals surface area contributed by atoms with E-state index in [4.69, 9.17) is 13.9 Å². The fraction of sp³-hybridized carbons (Fsp3) is 0.700. The van der Waals surface area contributed by atoms with E-state index >= 15 is 0 Å². The lowest BCUT2D eigenvalue weighted by atomic mass is 9.53. The number of ether oxygens (including phenoxy) is 2. The smallest absolute Gasteiger partial charge is 0.306 e. The molecule has 1 aromatic rings. The molecular formula is C20H26O5. The van der Waals surface area contributed by atoms with Crippen molar-refractivity contribution in [1.29, 1.82) is 0 Å². The van der Waals surface area contributed by atoms with E-state index in [0.29, 0.717) is 12.2 Å². The highest BCUT2D eigenvalue weighted by Crippen LogP contribution is 2.69. The molecule has 2 aliphatic carbocycles. The van der Waals surface area contributed by atoms with Gasteiger partial charge in [-0.25, -0.2) is 0 Å². The monoisotopic (exact) mass is 346 g/mol. The van der Waals surface area contributed by atoms with E-state index in [1.807, 2.05) is 20.8 Å². The van der Waals surface area contributed by atoms with Gasteiger partial charge in [-0.05, 0) is 37.2 Å². The molecule has 0 N–H and O–H groups in total. The Labute approximate surface area is 148 Å². The van der Waals surface area contributed by atoms with Gasteiger partial charge in [0.25, 0.3) is 0 Å². The number of hydrogen-bond donors (Lipinski definition) is 0. The topological polar surface area (TPSA) is 69.0 Å². The van der Waals surface area contributed by atoms with Gasteiger partial charge in [0.15, 0.2) is 11.4 Å². The molecule has 5 atom stereocenters. The van der Waals surface area contributed by atoms with Crippen LogP contribution in [-0.2, 0) is 14.3 Å². The summed E-state index contributed by atoms with van der Waals surface area (Å²) in [5.41, 5.74) is 0.126. The van der Waals surface area contributed by atoms with Crippen molar-refractivity contribution in [3.8, 4) is 0 Å². The normalized spacial score (nSPS) is 38.8. The van der Waals surface area contributed by atoms with Gasteiger partial charge in [0.2, 0.25) is 5.78 Å². The van der Waals surface area contributed by atoms with Gasteiger partial charge in [-0.1, -0.05) is 27.7 Å². The molecule has 136 valence electrons. The maximum Gasteiger partial charge on any atom is 0.306 e. The van der Waals surface area contributed by atoms with Gasteiger partial charge < -0.3 is 13.9 Å². The number of furan rings is 1. The van der Waals surface area contributed by atoms with Gasteiger partial charge in [0.05, 0.1) is 17.8 Å². The van der Waals surface area contributed by atoms with Crippen LogP contribution < -0.4 is 0 Å². The van der Waals surface area contributed by atoms with Crippen LogP contribution in [-0.4, -0.2) is 23.5 Å². The van der Waals surface area contributed by atoms with Gasteiger partial charge in [-0.15, -0.1) is 0 Å². The van der Waals surface area contributed by atoms with Crippen LogP contribution in [0.25, 0.3) is 0 Å². The summed E-state index contributed by atoms with van der Waals surface area (Å²) in [6.45, 7) is 10.1. The molecule has 0 amide bonds. The lowest BCUT2D eigenvalue weighted by Gasteiger charge is -2.49. The summed E-state index contributed by atoms with van der Waals surface area (Å²) < 4.78 is 17.6. The quantitative estimate of drug-likeness (QED) is 0.611. The van der Waals surface area contributed by atoms with Crippen molar-refractivity contribution in [2.24, 2.45) is 17.3 Å². The average molecular weight is 346 g/mol. The van der Waals surface area contributed by atoms with Crippen molar-refractivity contribution in [3.05, 3.63) is 23.2 Å². The van der Waals surface area contributed by atoms with E-state index in [2.05, 4.69) is 13.8 Å². The number of carbonyl (C=O) groups is 2. The number of esters is 1. The Hall–Kier alpha value is -1.62. The Bertz CT molecular complexity index is 747. The fourth-order valence-corrected chi connectivity index (χ4v) is 5.01. The van der Waals surface area contributed by atoms with E-state index in [9.17, 15) is 9.59 Å². The lowest BCUT2D eigenvalue weighted by Crippen LogP contribution is -2.57. The van der Waals surface area contributed by atoms with Crippen LogP contribution in [0.4, 0.5) is 0 Å². The standard InChI is InChI=1S/C20H26O5/c1-10(2)8-14(21)24-18-15-11(3)9-23-16(15)17(22)20-13(25-20)7-6-12(4)19(18,20)5/h9-10,12-13,18H,6-8H2,1-5H3. The van der Waals surface area contributed by atoms with E-state index in [1.54, 1.807) is 6.26 Å². The van der Waals surface area contributed by atoms with E-state index in [-0.39, 0.29) is 29.7 Å². The van der Waals surface area contributed by atoms with Crippen LogP contribution in [0.15, 0.2) is 10.7 Å². The lowest BCUT2D eigenvalue weighted by molar-refractivity contribution is -0.166. The maximum atomic E-state index is 13.2. The number of epoxide rings is 1. The van der Waals surface area contributed by atoms with E-state index in [1.165, 1.54) is 0 Å². The zero-order valence-corrected chi connectivity index (χ0v) is 15.5. The van der Waals surface area contributed by atoms with Crippen LogP contribution >= 0.6 is 0 Å². The Morgan fingerprint density at radius 3 is 2.80 bits per heavy atom. The number of ketones is 1. The minimum atomic E-state index is -0.898. The van der Waals surface area contributed by atoms with Crippen molar-refractivity contribution >= 4 is 11.8 Å². The summed E-state index contributed by atoms with van der Waals surface area (Å²) in [5.74, 6) is 0.430. The van der Waals surface area contributed by atoms with Crippen molar-refractivity contribution in [1.82, 2.24) is 0 Å². The third-order valence-electron chi connectivity index (χ3n) is 6.61. The van der Waals surface area contributed by atoms with Crippen LogP contribution in [0.2, 0.25) is 0 Å². The molecule has 2 fully saturated rings. The first-order valence-electron chi connectivity index (χ1n) is 9.23. The zero-order chi connectivity index (χ0) is 18.1. The minimum Gasteiger partial charge on any atom is -0.460 e. The highest BCUT2D eigenvalue weighted by Gasteiger charge is 2.80. The number of rotatable bonds is 3. The molecule has 1 saturated heterocycles. The first-order chi connectivity index (χ1) is 11.7. The molecule has 0 aromatic carbocycles. The molecule has 3 aliphatic rings. The maximum absolute atomic E-state index is 13.2. The van der Waals surface area contributed by atoms with Gasteiger partial charge in [0.1, 0.15) is 6.10 Å². The van der Waals surface area contributed by atoms with Crippen molar-refractivity contribution in [2.75, 3.05) is 0 Å². The summed E-state index contributed by atoms with van der Waals surface area (Å²) >= 11 is 0. The molecule has 2 heterocycles. The molecule has 1 aromatic heterocycles. The third kappa shape index (κ3) is 1.99. The molecular weight excluding hydrogens is 320 g/mol. The Morgan fingerprint density at radius 1 is 1.40 bits per heavy atom. The van der Waals surface area contributed by atoms with Crippen LogP contribution in [0.3, 0.4) is 0 Å². The number of hydrogen-bond acceptors (Lipinski definition) is 5. The second-order valence-electron chi connectivity index (χ2n) is 8.56. The summed E-state index contributed by atoms with van der Waals surface area (Å²) in [6.07, 6.45) is 3.17. The van der Waals surface area contributed by atoms with Gasteiger partial charge in [-0.2, -0.15) is 0 Å². The van der Waals surface area contributed by atoms with Crippen molar-refractivity contribution < 1.29 is 23.5 Å². The predicted octanol–water partition coefficient (Wildman–Crippen LogP) is 3.99. The Morgan fingerprint density at radius 2 is 2.12 bits per heavy atom. The molecule has 0 radical (unpaired) electrons. The SMILES string of the molecule is Cc1coc2c1C(OC(=O)CC(C)C)C1(C)C(C)CCC3OC31C2=O. The van der Waals surface area contributed by atoms with Crippen LogP contribution in [0.1, 0.15) is 74.7 Å². The number of aryl methyl sites for hydroxylation is 1. The highest BCUT2D eigenvalue weighted by atomic mass is 16.6. The molecule has 1 aliphatic heterocycles. The molecule has 5 nitrogen and oxygen atoms in total. The highest BCUT2D eigenvalue weighted by molar-refractivity contribution is 6.06. The summed E-state index contributed by atoms with van der Waals surface area (Å²) in [5, 5.41) is 0. The predicted molar refractivity (Wildman–Crippen MR) is 90.2 cm³/mol. The fourth-order valence-electron chi connectivity index (χ4n) is 5.01. The second-order valence-corrected chi connectivity index (χ2v) is 8.56. The molecule has 1 saturated carbocycles.